The summed E-state index contributed by atoms with van der Waals surface area (Å²) in [5, 5.41) is 5.11. The fraction of sp³-hybridized carbons (Fsp3) is 0.800. The molecule has 0 saturated heterocycles. The second-order valence-electron chi connectivity index (χ2n) is 8.57. The van der Waals surface area contributed by atoms with Gasteiger partial charge in [-0.15, -0.1) is 0 Å². The highest BCUT2D eigenvalue weighted by Crippen LogP contribution is 2.18. The molecule has 8 heteroatoms. The van der Waals surface area contributed by atoms with Gasteiger partial charge in [-0.2, -0.15) is 0 Å². The van der Waals surface area contributed by atoms with Crippen LogP contribution in [0.15, 0.2) is 0 Å². The van der Waals surface area contributed by atoms with E-state index < -0.39 is 29.6 Å². The van der Waals surface area contributed by atoms with Gasteiger partial charge in [0.25, 0.3) is 0 Å². The molecule has 2 amide bonds. The van der Waals surface area contributed by atoms with E-state index >= 15 is 0 Å². The topological polar surface area (TPSA) is 128 Å². The van der Waals surface area contributed by atoms with Gasteiger partial charge in [-0.3, -0.25) is 19.2 Å². The maximum Gasteiger partial charge on any atom is 0.306 e. The Morgan fingerprint density at radius 3 is 2.07 bits per heavy atom. The highest BCUT2D eigenvalue weighted by molar-refractivity contribution is 5.92. The van der Waals surface area contributed by atoms with E-state index in [-0.39, 0.29) is 42.8 Å². The molecule has 0 aromatic carbocycles. The number of carbonyl (C=O) groups excluding carboxylic acids is 4. The number of hydrogen-bond donors (Lipinski definition) is 3. The van der Waals surface area contributed by atoms with Crippen LogP contribution in [-0.2, 0) is 23.9 Å². The van der Waals surface area contributed by atoms with Crippen LogP contribution in [0.3, 0.4) is 0 Å². The van der Waals surface area contributed by atoms with Crippen LogP contribution in [0.4, 0.5) is 0 Å². The van der Waals surface area contributed by atoms with E-state index in [1.807, 2.05) is 13.8 Å². The Morgan fingerprint density at radius 1 is 1.04 bits per heavy atom. The molecule has 0 aliphatic rings. The zero-order valence-corrected chi connectivity index (χ0v) is 18.3. The van der Waals surface area contributed by atoms with Crippen molar-refractivity contribution in [2.24, 2.45) is 17.6 Å². The van der Waals surface area contributed by atoms with Crippen molar-refractivity contribution < 1.29 is 23.9 Å². The molecule has 0 spiro atoms. The molecule has 0 radical (unpaired) electrons. The van der Waals surface area contributed by atoms with Crippen molar-refractivity contribution >= 4 is 23.6 Å². The molecule has 0 fully saturated rings. The van der Waals surface area contributed by atoms with Gasteiger partial charge in [0, 0.05) is 25.8 Å². The summed E-state index contributed by atoms with van der Waals surface area (Å²) in [7, 11) is 1.49. The van der Waals surface area contributed by atoms with Crippen LogP contribution in [0.25, 0.3) is 0 Å². The Bertz CT molecular complexity index is 555. The van der Waals surface area contributed by atoms with E-state index in [9.17, 15) is 19.2 Å². The molecule has 0 aromatic heterocycles. The minimum Gasteiger partial charge on any atom is -0.460 e. The minimum atomic E-state index is -0.841. The molecule has 0 rings (SSSR count). The van der Waals surface area contributed by atoms with Crippen molar-refractivity contribution in [1.82, 2.24) is 10.6 Å². The largest absolute Gasteiger partial charge is 0.460 e. The fourth-order valence-corrected chi connectivity index (χ4v) is 2.69. The monoisotopic (exact) mass is 399 g/mol. The maximum atomic E-state index is 12.5. The number of rotatable bonds is 11. The molecule has 4 N–H and O–H groups in total. The molecule has 8 nitrogen and oxygen atoms in total. The molecule has 162 valence electrons. The molecule has 0 aromatic rings. The number of hydrogen-bond acceptors (Lipinski definition) is 6. The molecule has 28 heavy (non-hydrogen) atoms. The van der Waals surface area contributed by atoms with Crippen molar-refractivity contribution in [3.8, 4) is 0 Å². The van der Waals surface area contributed by atoms with Crippen LogP contribution < -0.4 is 16.4 Å². The number of ketones is 1. The van der Waals surface area contributed by atoms with E-state index in [0.717, 1.165) is 0 Å². The van der Waals surface area contributed by atoms with Crippen LogP contribution in [0.2, 0.25) is 0 Å². The van der Waals surface area contributed by atoms with E-state index in [4.69, 9.17) is 10.5 Å². The molecule has 0 bridgehead atoms. The van der Waals surface area contributed by atoms with Gasteiger partial charge in [0.15, 0.2) is 0 Å². The molecule has 0 aliphatic heterocycles. The summed E-state index contributed by atoms with van der Waals surface area (Å²) >= 11 is 0. The number of amides is 2. The summed E-state index contributed by atoms with van der Waals surface area (Å²) < 4.78 is 5.21. The average Bonchev–Trinajstić information content (AvgIpc) is 2.55. The molecule has 0 saturated carbocycles. The SMILES string of the molecule is CNC(=O)[C@@H](C)NC(=O)[C@H](CC(=O)[C@H](N)CCC(=O)OC(C)(C)C)CC(C)C. The summed E-state index contributed by atoms with van der Waals surface area (Å²) in [4.78, 5) is 48.4. The Labute approximate surface area is 168 Å². The van der Waals surface area contributed by atoms with E-state index in [1.165, 1.54) is 7.05 Å². The number of ether oxygens (including phenoxy) is 1. The van der Waals surface area contributed by atoms with Gasteiger partial charge < -0.3 is 21.1 Å². The van der Waals surface area contributed by atoms with E-state index in [1.54, 1.807) is 27.7 Å². The second-order valence-corrected chi connectivity index (χ2v) is 8.57. The summed E-state index contributed by atoms with van der Waals surface area (Å²) in [6.45, 7) is 10.8. The Balaban J connectivity index is 4.80. The van der Waals surface area contributed by atoms with Crippen molar-refractivity contribution in [3.05, 3.63) is 0 Å². The van der Waals surface area contributed by atoms with Gasteiger partial charge in [0.05, 0.1) is 6.04 Å². The Kier molecular flexibility index (Phi) is 11.0. The summed E-state index contributed by atoms with van der Waals surface area (Å²) in [6, 6.07) is -1.53. The smallest absolute Gasteiger partial charge is 0.306 e. The van der Waals surface area contributed by atoms with E-state index in [0.29, 0.717) is 6.42 Å². The van der Waals surface area contributed by atoms with Crippen LogP contribution in [0.5, 0.6) is 0 Å². The molecule has 0 unspecified atom stereocenters. The van der Waals surface area contributed by atoms with Crippen LogP contribution >= 0.6 is 0 Å². The van der Waals surface area contributed by atoms with Crippen molar-refractivity contribution in [3.63, 3.8) is 0 Å². The number of esters is 1. The predicted octanol–water partition coefficient (Wildman–Crippen LogP) is 1.31. The van der Waals surface area contributed by atoms with Gasteiger partial charge in [0.2, 0.25) is 11.8 Å². The van der Waals surface area contributed by atoms with Crippen molar-refractivity contribution in [1.29, 1.82) is 0 Å². The third kappa shape index (κ3) is 11.0. The highest BCUT2D eigenvalue weighted by atomic mass is 16.6. The van der Waals surface area contributed by atoms with Gasteiger partial charge in [0.1, 0.15) is 17.4 Å². The number of nitrogens with two attached hydrogens (primary N) is 1. The van der Waals surface area contributed by atoms with Crippen molar-refractivity contribution in [2.75, 3.05) is 7.05 Å². The number of nitrogens with one attached hydrogen (secondary N) is 2. The summed E-state index contributed by atoms with van der Waals surface area (Å²) in [5.41, 5.74) is 5.34. The normalized spacial score (nSPS) is 14.8. The first-order chi connectivity index (χ1) is 12.8. The lowest BCUT2D eigenvalue weighted by molar-refractivity contribution is -0.155. The number of likely N-dealkylation sites (N-methyl/N-ethyl adjacent to an activating group) is 1. The fourth-order valence-electron chi connectivity index (χ4n) is 2.69. The molecule has 0 heterocycles. The predicted molar refractivity (Wildman–Crippen MR) is 107 cm³/mol. The molecule has 0 aliphatic carbocycles. The van der Waals surface area contributed by atoms with Crippen LogP contribution in [0.1, 0.15) is 67.2 Å². The van der Waals surface area contributed by atoms with Gasteiger partial charge >= 0.3 is 5.97 Å². The van der Waals surface area contributed by atoms with Gasteiger partial charge in [-0.1, -0.05) is 13.8 Å². The highest BCUT2D eigenvalue weighted by Gasteiger charge is 2.28. The summed E-state index contributed by atoms with van der Waals surface area (Å²) in [5.74, 6) is -1.73. The van der Waals surface area contributed by atoms with Crippen LogP contribution in [-0.4, -0.2) is 48.3 Å². The number of Topliss-reactive ketones (excluding diaryl/α,β-unsaturated/α-hetero) is 1. The minimum absolute atomic E-state index is 0.0278. The quantitative estimate of drug-likeness (QED) is 0.450. The maximum absolute atomic E-state index is 12.5. The van der Waals surface area contributed by atoms with E-state index in [2.05, 4.69) is 10.6 Å². The third-order valence-corrected chi connectivity index (χ3v) is 4.07. The lowest BCUT2D eigenvalue weighted by Gasteiger charge is -2.22. The van der Waals surface area contributed by atoms with Gasteiger partial charge in [-0.25, -0.2) is 0 Å². The first kappa shape index (κ1) is 26.0. The zero-order valence-electron chi connectivity index (χ0n) is 18.3. The molecular weight excluding hydrogens is 362 g/mol. The zero-order chi connectivity index (χ0) is 22.1. The molecule has 3 atom stereocenters. The standard InChI is InChI=1S/C20H37N3O5/c1-12(2)10-14(19(27)23-13(3)18(26)22-7)11-16(24)15(21)8-9-17(25)28-20(4,5)6/h12-15H,8-11,21H2,1-7H3,(H,22,26)(H,23,27)/t13-,14+,15-/m1/s1. The molecular formula is C20H37N3O5. The first-order valence-corrected chi connectivity index (χ1v) is 9.78. The average molecular weight is 400 g/mol. The Morgan fingerprint density at radius 2 is 1.61 bits per heavy atom. The lowest BCUT2D eigenvalue weighted by atomic mass is 9.89. The van der Waals surface area contributed by atoms with Crippen molar-refractivity contribution in [2.45, 2.75) is 84.9 Å². The summed E-state index contributed by atoms with van der Waals surface area (Å²) in [6.07, 6.45) is 0.675. The second kappa shape index (κ2) is 11.8. The van der Waals surface area contributed by atoms with Gasteiger partial charge in [-0.05, 0) is 46.5 Å². The first-order valence-electron chi connectivity index (χ1n) is 9.78. The number of carbonyl (C=O) groups is 4. The van der Waals surface area contributed by atoms with Crippen LogP contribution in [0, 0.1) is 11.8 Å². The third-order valence-electron chi connectivity index (χ3n) is 4.07. The Hall–Kier alpha value is -1.96. The lowest BCUT2D eigenvalue weighted by Crippen LogP contribution is -2.46.